The Balaban J connectivity index is 3.31. The van der Waals surface area contributed by atoms with E-state index in [2.05, 4.69) is 5.10 Å². The number of rotatable bonds is 3. The van der Waals surface area contributed by atoms with Crippen molar-refractivity contribution in [3.63, 3.8) is 0 Å². The molecule has 0 spiro atoms. The first-order chi connectivity index (χ1) is 6.99. The zero-order valence-corrected chi connectivity index (χ0v) is 9.02. The molecule has 5 heteroatoms. The maximum Gasteiger partial charge on any atom is 0.281 e. The van der Waals surface area contributed by atoms with Gasteiger partial charge in [-0.25, -0.2) is 4.68 Å². The summed E-state index contributed by atoms with van der Waals surface area (Å²) in [5, 5.41) is 13.0. The zero-order chi connectivity index (χ0) is 11.6. The normalized spacial score (nSPS) is 12.5. The molecule has 1 aromatic heterocycles. The van der Waals surface area contributed by atoms with Crippen molar-refractivity contribution in [2.24, 2.45) is 13.0 Å². The van der Waals surface area contributed by atoms with Crippen LogP contribution in [0.5, 0.6) is 5.75 Å². The van der Waals surface area contributed by atoms with Crippen molar-refractivity contribution in [2.45, 2.75) is 20.3 Å². The third-order valence-electron chi connectivity index (χ3n) is 2.42. The molecule has 0 bridgehead atoms. The molecule has 82 valence electrons. The van der Waals surface area contributed by atoms with E-state index in [-0.39, 0.29) is 23.0 Å². The summed E-state index contributed by atoms with van der Waals surface area (Å²) in [4.78, 5) is 23.3. The molecule has 1 rings (SSSR count). The second-order valence-electron chi connectivity index (χ2n) is 3.51. The molecule has 1 N–H and O–H groups in total. The highest BCUT2D eigenvalue weighted by atomic mass is 16.3. The summed E-state index contributed by atoms with van der Waals surface area (Å²) in [6.45, 7) is 3.58. The minimum absolute atomic E-state index is 0.165. The van der Waals surface area contributed by atoms with E-state index in [0.29, 0.717) is 6.42 Å². The molecule has 0 aliphatic rings. The van der Waals surface area contributed by atoms with Crippen molar-refractivity contribution in [2.75, 3.05) is 0 Å². The van der Waals surface area contributed by atoms with Crippen LogP contribution in [0.3, 0.4) is 0 Å². The maximum absolute atomic E-state index is 11.8. The molecule has 1 atom stereocenters. The third kappa shape index (κ3) is 2.06. The highest BCUT2D eigenvalue weighted by molar-refractivity contribution is 5.99. The molecule has 0 saturated carbocycles. The quantitative estimate of drug-likeness (QED) is 0.746. The molecule has 0 aliphatic carbocycles. The third-order valence-corrected chi connectivity index (χ3v) is 2.42. The molecule has 1 unspecified atom stereocenters. The van der Waals surface area contributed by atoms with Gasteiger partial charge in [-0.3, -0.25) is 9.59 Å². The number of aromatic hydroxyl groups is 1. The molecule has 0 fully saturated rings. The van der Waals surface area contributed by atoms with Crippen LogP contribution >= 0.6 is 0 Å². The average molecular weight is 210 g/mol. The fraction of sp³-hybridized carbons (Fsp3) is 0.500. The Kier molecular flexibility index (Phi) is 3.24. The van der Waals surface area contributed by atoms with Crippen LogP contribution in [0.4, 0.5) is 0 Å². The lowest BCUT2D eigenvalue weighted by Gasteiger charge is -2.08. The summed E-state index contributed by atoms with van der Waals surface area (Å²) < 4.78 is 1.04. The first-order valence-electron chi connectivity index (χ1n) is 4.78. The van der Waals surface area contributed by atoms with Gasteiger partial charge in [0, 0.05) is 13.0 Å². The van der Waals surface area contributed by atoms with E-state index in [1.165, 1.54) is 7.05 Å². The molecular weight excluding hydrogens is 196 g/mol. The molecule has 0 radical (unpaired) electrons. The highest BCUT2D eigenvalue weighted by Gasteiger charge is 2.21. The lowest BCUT2D eigenvalue weighted by atomic mass is 9.98. The van der Waals surface area contributed by atoms with Gasteiger partial charge in [0.2, 0.25) is 0 Å². The summed E-state index contributed by atoms with van der Waals surface area (Å²) in [7, 11) is 1.44. The number of aryl methyl sites for hydroxylation is 1. The van der Waals surface area contributed by atoms with E-state index in [4.69, 9.17) is 0 Å². The lowest BCUT2D eigenvalue weighted by molar-refractivity contribution is 0.0921. The SMILES string of the molecule is CCC(C)C(=O)c1c(O)cnn(C)c1=O. The fourth-order valence-corrected chi connectivity index (χ4v) is 1.19. The predicted octanol–water partition coefficient (Wildman–Crippen LogP) is 0.715. The van der Waals surface area contributed by atoms with Crippen LogP contribution in [0.2, 0.25) is 0 Å². The fourth-order valence-electron chi connectivity index (χ4n) is 1.19. The Morgan fingerprint density at radius 3 is 2.80 bits per heavy atom. The van der Waals surface area contributed by atoms with Crippen molar-refractivity contribution >= 4 is 5.78 Å². The number of hydrogen-bond donors (Lipinski definition) is 1. The van der Waals surface area contributed by atoms with Crippen molar-refractivity contribution in [3.8, 4) is 5.75 Å². The molecule has 0 aliphatic heterocycles. The Labute approximate surface area is 87.4 Å². The second-order valence-corrected chi connectivity index (χ2v) is 3.51. The van der Waals surface area contributed by atoms with Gasteiger partial charge >= 0.3 is 0 Å². The maximum atomic E-state index is 11.8. The van der Waals surface area contributed by atoms with Gasteiger partial charge in [-0.2, -0.15) is 5.10 Å². The van der Waals surface area contributed by atoms with Gasteiger partial charge in [0.15, 0.2) is 11.5 Å². The van der Waals surface area contributed by atoms with Crippen molar-refractivity contribution < 1.29 is 9.90 Å². The van der Waals surface area contributed by atoms with Crippen LogP contribution in [0.15, 0.2) is 11.0 Å². The standard InChI is InChI=1S/C10H14N2O3/c1-4-6(2)9(14)8-7(13)5-11-12(3)10(8)15/h5-6,13H,4H2,1-3H3. The molecule has 1 aromatic rings. The van der Waals surface area contributed by atoms with E-state index >= 15 is 0 Å². The minimum Gasteiger partial charge on any atom is -0.505 e. The monoisotopic (exact) mass is 210 g/mol. The van der Waals surface area contributed by atoms with Crippen molar-refractivity contribution in [1.29, 1.82) is 0 Å². The van der Waals surface area contributed by atoms with Crippen LogP contribution in [0.25, 0.3) is 0 Å². The summed E-state index contributed by atoms with van der Waals surface area (Å²) in [5.74, 6) is -0.951. The largest absolute Gasteiger partial charge is 0.505 e. The van der Waals surface area contributed by atoms with Gasteiger partial charge in [-0.15, -0.1) is 0 Å². The number of hydrogen-bond acceptors (Lipinski definition) is 4. The molecule has 0 saturated heterocycles. The number of nitrogens with zero attached hydrogens (tertiary/aromatic N) is 2. The van der Waals surface area contributed by atoms with Gasteiger partial charge in [0.25, 0.3) is 5.56 Å². The topological polar surface area (TPSA) is 72.2 Å². The molecular formula is C10H14N2O3. The Morgan fingerprint density at radius 2 is 2.27 bits per heavy atom. The van der Waals surface area contributed by atoms with Crippen LogP contribution in [-0.4, -0.2) is 20.7 Å². The predicted molar refractivity (Wildman–Crippen MR) is 54.9 cm³/mol. The van der Waals surface area contributed by atoms with Crippen LogP contribution < -0.4 is 5.56 Å². The Morgan fingerprint density at radius 1 is 1.67 bits per heavy atom. The van der Waals surface area contributed by atoms with Gasteiger partial charge in [-0.1, -0.05) is 13.8 Å². The van der Waals surface area contributed by atoms with Crippen molar-refractivity contribution in [3.05, 3.63) is 22.1 Å². The summed E-state index contributed by atoms with van der Waals surface area (Å²) in [6, 6.07) is 0. The average Bonchev–Trinajstić information content (AvgIpc) is 2.22. The van der Waals surface area contributed by atoms with Gasteiger partial charge in [0.05, 0.1) is 6.20 Å². The molecule has 5 nitrogen and oxygen atoms in total. The van der Waals surface area contributed by atoms with Gasteiger partial charge < -0.3 is 5.11 Å². The van der Waals surface area contributed by atoms with Gasteiger partial charge in [-0.05, 0) is 6.42 Å². The smallest absolute Gasteiger partial charge is 0.281 e. The first-order valence-corrected chi connectivity index (χ1v) is 4.78. The van der Waals surface area contributed by atoms with Crippen LogP contribution in [0.1, 0.15) is 30.6 Å². The summed E-state index contributed by atoms with van der Waals surface area (Å²) >= 11 is 0. The summed E-state index contributed by atoms with van der Waals surface area (Å²) in [5.41, 5.74) is -0.720. The van der Waals surface area contributed by atoms with Gasteiger partial charge in [0.1, 0.15) is 5.56 Å². The van der Waals surface area contributed by atoms with Crippen LogP contribution in [0, 0.1) is 5.92 Å². The molecule has 0 aromatic carbocycles. The van der Waals surface area contributed by atoms with Crippen LogP contribution in [-0.2, 0) is 7.05 Å². The molecule has 15 heavy (non-hydrogen) atoms. The lowest BCUT2D eigenvalue weighted by Crippen LogP contribution is -2.28. The zero-order valence-electron chi connectivity index (χ0n) is 9.02. The Bertz CT molecular complexity index is 437. The highest BCUT2D eigenvalue weighted by Crippen LogP contribution is 2.16. The number of carbonyl (C=O) groups is 1. The van der Waals surface area contributed by atoms with E-state index in [0.717, 1.165) is 10.9 Å². The van der Waals surface area contributed by atoms with E-state index in [9.17, 15) is 14.7 Å². The number of ketones is 1. The molecule has 1 heterocycles. The second kappa shape index (κ2) is 4.25. The summed E-state index contributed by atoms with van der Waals surface area (Å²) in [6.07, 6.45) is 1.74. The van der Waals surface area contributed by atoms with Crippen molar-refractivity contribution in [1.82, 2.24) is 9.78 Å². The van der Waals surface area contributed by atoms with E-state index < -0.39 is 5.56 Å². The van der Waals surface area contributed by atoms with E-state index in [1.54, 1.807) is 6.92 Å². The number of Topliss-reactive ketones (excluding diaryl/α,β-unsaturated/α-hetero) is 1. The Hall–Kier alpha value is -1.65. The number of aromatic nitrogens is 2. The van der Waals surface area contributed by atoms with E-state index in [1.807, 2.05) is 6.92 Å². The molecule has 0 amide bonds. The minimum atomic E-state index is -0.555. The first kappa shape index (κ1) is 11.4. The number of carbonyl (C=O) groups excluding carboxylic acids is 1.